The van der Waals surface area contributed by atoms with Crippen molar-refractivity contribution < 1.29 is 13.5 Å². The first-order chi connectivity index (χ1) is 12.4. The van der Waals surface area contributed by atoms with Crippen LogP contribution in [0.5, 0.6) is 5.88 Å². The van der Waals surface area contributed by atoms with Crippen LogP contribution in [0.1, 0.15) is 33.3 Å². The molecule has 2 aromatic rings. The molecule has 9 heteroatoms. The van der Waals surface area contributed by atoms with E-state index in [1.807, 2.05) is 27.7 Å². The first-order valence-corrected chi connectivity index (χ1v) is 8.56. The van der Waals surface area contributed by atoms with Crippen molar-refractivity contribution in [2.45, 2.75) is 51.2 Å². The van der Waals surface area contributed by atoms with Crippen LogP contribution in [0.15, 0.2) is 29.1 Å². The number of hydrogen-bond donors (Lipinski definition) is 0. The van der Waals surface area contributed by atoms with Gasteiger partial charge in [0, 0.05) is 17.7 Å². The lowest BCUT2D eigenvalue weighted by atomic mass is 9.61. The van der Waals surface area contributed by atoms with E-state index in [4.69, 9.17) is 20.4 Å². The summed E-state index contributed by atoms with van der Waals surface area (Å²) in [5.74, 6) is -1.89. The summed E-state index contributed by atoms with van der Waals surface area (Å²) in [6, 6.07) is 5.05. The Morgan fingerprint density at radius 3 is 2.59 bits per heavy atom. The van der Waals surface area contributed by atoms with E-state index in [0.29, 0.717) is 12.4 Å². The molecular weight excluding hydrogens is 350 g/mol. The van der Waals surface area contributed by atoms with E-state index in [-0.39, 0.29) is 23.0 Å². The van der Waals surface area contributed by atoms with E-state index in [2.05, 4.69) is 9.88 Å². The molecule has 2 heterocycles. The molecule has 0 atom stereocenters. The van der Waals surface area contributed by atoms with Crippen molar-refractivity contribution in [3.63, 3.8) is 0 Å². The van der Waals surface area contributed by atoms with Crippen molar-refractivity contribution >= 4 is 21.5 Å². The lowest BCUT2D eigenvalue weighted by molar-refractivity contribution is 0.225. The molecule has 0 N–H and O–H groups in total. The van der Waals surface area contributed by atoms with Gasteiger partial charge in [-0.25, -0.2) is 13.6 Å². The van der Waals surface area contributed by atoms with Crippen molar-refractivity contribution in [1.29, 1.82) is 0 Å². The Hall–Kier alpha value is -2.31. The number of fused-ring (bicyclic) bond motifs is 1. The third-order valence-electron chi connectivity index (χ3n) is 4.57. The lowest BCUT2D eigenvalue weighted by Gasteiger charge is -2.36. The van der Waals surface area contributed by atoms with E-state index < -0.39 is 22.7 Å². The van der Waals surface area contributed by atoms with Crippen LogP contribution in [0.2, 0.25) is 0 Å². The number of aromatic nitrogens is 2. The second-order valence-electron chi connectivity index (χ2n) is 7.59. The minimum Gasteiger partial charge on any atom is -0.487 e. The molecule has 0 saturated carbocycles. The summed E-state index contributed by atoms with van der Waals surface area (Å²) in [7, 11) is 11.7. The summed E-state index contributed by atoms with van der Waals surface area (Å²) in [6.45, 7) is 8.49. The maximum atomic E-state index is 14.1. The molecule has 0 saturated heterocycles. The van der Waals surface area contributed by atoms with Gasteiger partial charge in [-0.3, -0.25) is 4.57 Å². The molecule has 0 fully saturated rings. The fourth-order valence-electron chi connectivity index (χ4n) is 3.64. The smallest absolute Gasteiger partial charge is 0.352 e. The molecular formula is C18H19B2F2N3O2. The van der Waals surface area contributed by atoms with Gasteiger partial charge in [0.1, 0.15) is 21.5 Å². The van der Waals surface area contributed by atoms with E-state index in [1.165, 1.54) is 22.8 Å². The van der Waals surface area contributed by atoms with Gasteiger partial charge in [-0.05, 0) is 33.8 Å². The zero-order chi connectivity index (χ0) is 20.1. The third kappa shape index (κ3) is 3.35. The summed E-state index contributed by atoms with van der Waals surface area (Å²) >= 11 is 0. The van der Waals surface area contributed by atoms with Crippen LogP contribution in [0.25, 0.3) is 0 Å². The quantitative estimate of drug-likeness (QED) is 0.775. The Labute approximate surface area is 159 Å². The number of hydrogen-bond acceptors (Lipinski definition) is 4. The fraction of sp³-hybridized carbons (Fsp3) is 0.444. The Morgan fingerprint density at radius 1 is 1.30 bits per heavy atom. The van der Waals surface area contributed by atoms with Gasteiger partial charge in [-0.2, -0.15) is 4.98 Å². The molecule has 0 amide bonds. The van der Waals surface area contributed by atoms with Crippen molar-refractivity contribution in [3.05, 3.63) is 51.9 Å². The van der Waals surface area contributed by atoms with Crippen molar-refractivity contribution in [3.8, 4) is 5.88 Å². The van der Waals surface area contributed by atoms with Crippen LogP contribution in [-0.4, -0.2) is 36.8 Å². The molecule has 1 aromatic carbocycles. The monoisotopic (exact) mass is 369 g/mol. The van der Waals surface area contributed by atoms with Crippen LogP contribution < -0.4 is 15.3 Å². The van der Waals surface area contributed by atoms with E-state index in [9.17, 15) is 13.6 Å². The minimum atomic E-state index is -2.21. The molecule has 1 aromatic heterocycles. The van der Waals surface area contributed by atoms with Gasteiger partial charge in [0.2, 0.25) is 5.88 Å². The predicted molar refractivity (Wildman–Crippen MR) is 100 cm³/mol. The number of ether oxygens (including phenoxy) is 1. The van der Waals surface area contributed by atoms with Crippen molar-refractivity contribution in [2.75, 3.05) is 4.90 Å². The number of halogens is 2. The summed E-state index contributed by atoms with van der Waals surface area (Å²) in [6.07, 6.45) is 0. The molecule has 1 aliphatic rings. The maximum absolute atomic E-state index is 14.1. The molecule has 3 rings (SSSR count). The average molecular weight is 369 g/mol. The number of anilines is 1. The maximum Gasteiger partial charge on any atom is 0.352 e. The fourth-order valence-corrected chi connectivity index (χ4v) is 3.64. The van der Waals surface area contributed by atoms with Gasteiger partial charge < -0.3 is 9.64 Å². The van der Waals surface area contributed by atoms with Gasteiger partial charge in [0.25, 0.3) is 0 Å². The van der Waals surface area contributed by atoms with Gasteiger partial charge in [-0.1, -0.05) is 12.1 Å². The highest BCUT2D eigenvalue weighted by Crippen LogP contribution is 2.36. The summed E-state index contributed by atoms with van der Waals surface area (Å²) in [5, 5.41) is -2.21. The largest absolute Gasteiger partial charge is 0.487 e. The molecule has 0 bridgehead atoms. The molecule has 27 heavy (non-hydrogen) atoms. The Morgan fingerprint density at radius 2 is 1.96 bits per heavy atom. The Balaban J connectivity index is 2.03. The third-order valence-corrected chi connectivity index (χ3v) is 4.57. The second-order valence-corrected chi connectivity index (χ2v) is 7.59. The molecule has 1 aliphatic heterocycles. The number of rotatable bonds is 4. The minimum absolute atomic E-state index is 0.101. The van der Waals surface area contributed by atoms with E-state index >= 15 is 0 Å². The molecule has 0 spiro atoms. The van der Waals surface area contributed by atoms with Crippen LogP contribution in [0.4, 0.5) is 14.6 Å². The first-order valence-electron chi connectivity index (χ1n) is 8.56. The summed E-state index contributed by atoms with van der Waals surface area (Å²) in [4.78, 5) is 18.4. The second kappa shape index (κ2) is 6.39. The standard InChI is InChI=1S/C18H19B2F2N3O2/c1-10(2)25-14-8-13(23-16(26)24(14)9-17(25,3)4)27-18(19,20)11-6-5-7-12(21)15(11)22/h5-8,10H,9H2,1-4H3. The predicted octanol–water partition coefficient (Wildman–Crippen LogP) is 2.05. The zero-order valence-electron chi connectivity index (χ0n) is 15.7. The Bertz CT molecular complexity index is 945. The summed E-state index contributed by atoms with van der Waals surface area (Å²) < 4.78 is 34.5. The van der Waals surface area contributed by atoms with Crippen LogP contribution in [-0.2, 0) is 11.9 Å². The first kappa shape index (κ1) is 19.5. The SMILES string of the molecule is [B]C([B])(Oc1cc2n(c(=O)n1)CC(C)(C)N2C(C)C)c1cccc(F)c1F. The van der Waals surface area contributed by atoms with Gasteiger partial charge in [0.05, 0.1) is 17.5 Å². The van der Waals surface area contributed by atoms with Crippen molar-refractivity contribution in [1.82, 2.24) is 9.55 Å². The van der Waals surface area contributed by atoms with Crippen LogP contribution in [0.3, 0.4) is 0 Å². The lowest BCUT2D eigenvalue weighted by Crippen LogP contribution is -2.45. The number of nitrogens with zero attached hydrogens (tertiary/aromatic N) is 3. The highest BCUT2D eigenvalue weighted by Gasteiger charge is 2.39. The van der Waals surface area contributed by atoms with Crippen molar-refractivity contribution in [2.24, 2.45) is 0 Å². The zero-order valence-corrected chi connectivity index (χ0v) is 15.7. The highest BCUT2D eigenvalue weighted by molar-refractivity contribution is 6.39. The molecule has 4 radical (unpaired) electrons. The van der Waals surface area contributed by atoms with Gasteiger partial charge in [-0.15, -0.1) is 0 Å². The summed E-state index contributed by atoms with van der Waals surface area (Å²) in [5.41, 5.74) is -1.22. The Kier molecular flexibility index (Phi) is 4.60. The normalized spacial score (nSPS) is 15.9. The van der Waals surface area contributed by atoms with Crippen LogP contribution in [0, 0.1) is 11.6 Å². The van der Waals surface area contributed by atoms with E-state index in [0.717, 1.165) is 6.07 Å². The van der Waals surface area contributed by atoms with Crippen LogP contribution >= 0.6 is 0 Å². The molecule has 0 unspecified atom stereocenters. The molecule has 0 aliphatic carbocycles. The van der Waals surface area contributed by atoms with Gasteiger partial charge >= 0.3 is 5.69 Å². The molecule has 5 nitrogen and oxygen atoms in total. The highest BCUT2D eigenvalue weighted by atomic mass is 19.2. The van der Waals surface area contributed by atoms with E-state index in [1.54, 1.807) is 0 Å². The number of benzene rings is 1. The average Bonchev–Trinajstić information content (AvgIpc) is 2.80. The molecule has 138 valence electrons. The topological polar surface area (TPSA) is 47.4 Å². The van der Waals surface area contributed by atoms with Gasteiger partial charge in [0.15, 0.2) is 11.6 Å².